The number of aromatic carboxylic acids is 1. The first-order valence-electron chi connectivity index (χ1n) is 15.2. The van der Waals surface area contributed by atoms with Crippen molar-refractivity contribution in [3.63, 3.8) is 0 Å². The molecule has 2 unspecified atom stereocenters. The van der Waals surface area contributed by atoms with Crippen LogP contribution in [0.5, 0.6) is 5.75 Å². The van der Waals surface area contributed by atoms with Crippen molar-refractivity contribution in [2.24, 2.45) is 16.7 Å². The Morgan fingerprint density at radius 1 is 1.04 bits per heavy atom. The second-order valence-electron chi connectivity index (χ2n) is 12.7. The summed E-state index contributed by atoms with van der Waals surface area (Å²) in [5, 5.41) is 12.1. The van der Waals surface area contributed by atoms with E-state index in [1.807, 2.05) is 26.0 Å². The van der Waals surface area contributed by atoms with Crippen LogP contribution in [0.4, 0.5) is 0 Å². The zero-order chi connectivity index (χ0) is 34.9. The third-order valence-corrected chi connectivity index (χ3v) is 10.5. The summed E-state index contributed by atoms with van der Waals surface area (Å²) in [6, 6.07) is 15.0. The van der Waals surface area contributed by atoms with Gasteiger partial charge in [0.25, 0.3) is 21.6 Å². The number of amides is 1. The Bertz CT molecular complexity index is 2040. The minimum Gasteiger partial charge on any atom is -0.497 e. The fourth-order valence-electron chi connectivity index (χ4n) is 6.68. The van der Waals surface area contributed by atoms with E-state index in [9.17, 15) is 27.6 Å². The number of hydrogen-bond donors (Lipinski definition) is 3. The minimum absolute atomic E-state index is 0.0152. The molecule has 0 spiro atoms. The number of ether oxygens (including phenoxy) is 1. The van der Waals surface area contributed by atoms with Crippen LogP contribution >= 0.6 is 0 Å². The highest BCUT2D eigenvalue weighted by Gasteiger charge is 2.65. The number of fused-ring (bicyclic) bond motifs is 3. The third-order valence-electron chi connectivity index (χ3n) is 9.68. The number of methoxy groups -OCH3 is 1. The number of carbonyl (C=O) groups is 3. The molecule has 14 heteroatoms. The van der Waals surface area contributed by atoms with Gasteiger partial charge in [-0.1, -0.05) is 38.1 Å². The quantitative estimate of drug-likeness (QED) is 0.219. The largest absolute Gasteiger partial charge is 0.497 e. The normalized spacial score (nSPS) is 19.4. The Morgan fingerprint density at radius 3 is 2.27 bits per heavy atom. The summed E-state index contributed by atoms with van der Waals surface area (Å²) in [7, 11) is -2.49. The lowest BCUT2D eigenvalue weighted by molar-refractivity contribution is -0.128. The fourth-order valence-corrected chi connectivity index (χ4v) is 7.98. The van der Waals surface area contributed by atoms with Gasteiger partial charge in [-0.25, -0.2) is 14.8 Å². The molecule has 2 aliphatic carbocycles. The number of pyridine rings is 1. The molecule has 13 nitrogen and oxygen atoms in total. The molecule has 48 heavy (non-hydrogen) atoms. The van der Waals surface area contributed by atoms with E-state index in [-0.39, 0.29) is 45.9 Å². The van der Waals surface area contributed by atoms with Gasteiger partial charge in [0.2, 0.25) is 0 Å². The van der Waals surface area contributed by atoms with Crippen molar-refractivity contribution in [2.75, 3.05) is 12.9 Å². The van der Waals surface area contributed by atoms with Gasteiger partial charge >= 0.3 is 5.97 Å². The summed E-state index contributed by atoms with van der Waals surface area (Å²) in [6.45, 7) is 4.40. The van der Waals surface area contributed by atoms with E-state index in [1.54, 1.807) is 31.4 Å². The molecule has 2 aliphatic rings. The Labute approximate surface area is 276 Å². The molecule has 0 aliphatic heterocycles. The predicted octanol–water partition coefficient (Wildman–Crippen LogP) is 3.75. The molecule has 2 bridgehead atoms. The van der Waals surface area contributed by atoms with E-state index in [4.69, 9.17) is 14.4 Å². The highest BCUT2D eigenvalue weighted by Crippen LogP contribution is 2.64. The number of carboxylic acids is 1. The fraction of sp³-hybridized carbons (Fsp3) is 0.353. The number of benzene rings is 2. The van der Waals surface area contributed by atoms with Crippen molar-refractivity contribution in [3.8, 4) is 5.75 Å². The molecule has 2 saturated carbocycles. The Balaban J connectivity index is 0.000000250. The van der Waals surface area contributed by atoms with Gasteiger partial charge in [-0.05, 0) is 65.6 Å². The number of nitrogens with zero attached hydrogens (tertiary/aromatic N) is 3. The van der Waals surface area contributed by atoms with Gasteiger partial charge < -0.3 is 15.2 Å². The number of Topliss-reactive ketones (excluding diaryl/α,β-unsaturated/α-hetero) is 1. The van der Waals surface area contributed by atoms with E-state index in [2.05, 4.69) is 15.3 Å². The zero-order valence-corrected chi connectivity index (χ0v) is 27.5. The van der Waals surface area contributed by atoms with Crippen LogP contribution in [0.1, 0.15) is 65.1 Å². The summed E-state index contributed by atoms with van der Waals surface area (Å²) in [5.74, 6) is -0.804. The minimum atomic E-state index is -4.08. The Kier molecular flexibility index (Phi) is 9.51. The van der Waals surface area contributed by atoms with E-state index in [1.165, 1.54) is 35.3 Å². The summed E-state index contributed by atoms with van der Waals surface area (Å²) in [5.41, 5.74) is 0.846. The number of rotatable bonds is 9. The maximum Gasteiger partial charge on any atom is 0.335 e. The van der Waals surface area contributed by atoms with Gasteiger partial charge in [-0.15, -0.1) is 0 Å². The van der Waals surface area contributed by atoms with Gasteiger partial charge in [0.15, 0.2) is 0 Å². The number of nitrogens with one attached hydrogen (secondary N) is 1. The zero-order valence-electron chi connectivity index (χ0n) is 26.7. The highest BCUT2D eigenvalue weighted by atomic mass is 32.2. The van der Waals surface area contributed by atoms with Crippen LogP contribution < -0.4 is 15.6 Å². The average molecular weight is 677 g/mol. The second kappa shape index (κ2) is 13.3. The van der Waals surface area contributed by atoms with Crippen LogP contribution in [0.3, 0.4) is 0 Å². The molecule has 4 aromatic rings. The molecular formula is C34H36N4O9S. The number of hydrogen-bond acceptors (Lipinski definition) is 9. The number of carboxylic acid groups (broad SMARTS) is 1. The van der Waals surface area contributed by atoms with E-state index >= 15 is 0 Å². The van der Waals surface area contributed by atoms with Crippen LogP contribution in [0.2, 0.25) is 0 Å². The first-order chi connectivity index (χ1) is 22.6. The van der Waals surface area contributed by atoms with Gasteiger partial charge in [-0.3, -0.25) is 23.5 Å². The lowest BCUT2D eigenvalue weighted by atomic mass is 9.70. The summed E-state index contributed by atoms with van der Waals surface area (Å²) in [4.78, 5) is 56.8. The van der Waals surface area contributed by atoms with Gasteiger partial charge in [0.05, 0.1) is 53.8 Å². The molecule has 1 amide bonds. The first kappa shape index (κ1) is 34.4. The van der Waals surface area contributed by atoms with Crippen molar-refractivity contribution in [1.29, 1.82) is 0 Å². The van der Waals surface area contributed by atoms with Crippen molar-refractivity contribution >= 4 is 38.7 Å². The van der Waals surface area contributed by atoms with Crippen LogP contribution in [0.25, 0.3) is 10.9 Å². The summed E-state index contributed by atoms with van der Waals surface area (Å²) >= 11 is 0. The molecule has 2 aromatic carbocycles. The summed E-state index contributed by atoms with van der Waals surface area (Å²) < 4.78 is 37.5. The molecule has 3 N–H and O–H groups in total. The van der Waals surface area contributed by atoms with Crippen LogP contribution in [-0.2, 0) is 28.0 Å². The monoisotopic (exact) mass is 676 g/mol. The lowest BCUT2D eigenvalue weighted by Crippen LogP contribution is -2.42. The van der Waals surface area contributed by atoms with Crippen molar-refractivity contribution in [2.45, 2.75) is 46.2 Å². The molecular weight excluding hydrogens is 640 g/mol. The SMILES string of the molecule is CC1(C)C2CCC1(CS(=O)(=O)O)C(=O)C2.COc1ccc(CNC(=O)c2cc3c(=O)n(Cc4ccc(C(=O)O)cc4)cnc3cn2)cc1. The second-order valence-corrected chi connectivity index (χ2v) is 14.1. The molecule has 2 heterocycles. The Hall–Kier alpha value is -4.95. The predicted molar refractivity (Wildman–Crippen MR) is 175 cm³/mol. The molecule has 2 aromatic heterocycles. The first-order valence-corrected chi connectivity index (χ1v) is 16.8. The molecule has 0 saturated heterocycles. The van der Waals surface area contributed by atoms with Gasteiger partial charge in [0, 0.05) is 13.0 Å². The van der Waals surface area contributed by atoms with E-state index in [0.29, 0.717) is 24.9 Å². The molecule has 2 fully saturated rings. The average Bonchev–Trinajstić information content (AvgIpc) is 3.39. The van der Waals surface area contributed by atoms with Gasteiger partial charge in [-0.2, -0.15) is 8.42 Å². The number of carbonyl (C=O) groups excluding carboxylic acids is 2. The van der Waals surface area contributed by atoms with Crippen LogP contribution in [-0.4, -0.2) is 63.1 Å². The van der Waals surface area contributed by atoms with Gasteiger partial charge in [0.1, 0.15) is 17.2 Å². The van der Waals surface area contributed by atoms with Crippen molar-refractivity contribution in [3.05, 3.63) is 99.9 Å². The standard InChI is InChI=1S/C24H20N4O5.C10H16O4S/c1-33-18-8-4-15(5-9-18)11-26-22(29)20-10-19-21(12-25-20)27-14-28(23(19)30)13-16-2-6-17(7-3-16)24(31)32;1-9(2)7-3-4-10(9,8(11)5-7)6-15(12,13)14/h2-10,12,14H,11,13H2,1H3,(H,26,29)(H,31,32);7H,3-6H2,1-2H3,(H,12,13,14). The van der Waals surface area contributed by atoms with Crippen LogP contribution in [0.15, 0.2) is 71.9 Å². The number of aromatic nitrogens is 3. The molecule has 252 valence electrons. The molecule has 6 rings (SSSR count). The summed E-state index contributed by atoms with van der Waals surface area (Å²) in [6.07, 6.45) is 4.77. The number of ketones is 1. The third kappa shape index (κ3) is 6.99. The molecule has 0 radical (unpaired) electrons. The maximum atomic E-state index is 13.0. The van der Waals surface area contributed by atoms with Crippen molar-refractivity contribution < 1.29 is 37.2 Å². The Morgan fingerprint density at radius 2 is 1.71 bits per heavy atom. The maximum absolute atomic E-state index is 13.0. The van der Waals surface area contributed by atoms with E-state index in [0.717, 1.165) is 23.3 Å². The highest BCUT2D eigenvalue weighted by molar-refractivity contribution is 7.85. The topological polar surface area (TPSA) is 195 Å². The molecule has 2 atom stereocenters. The van der Waals surface area contributed by atoms with Crippen molar-refractivity contribution in [1.82, 2.24) is 19.9 Å². The van der Waals surface area contributed by atoms with Crippen LogP contribution in [0, 0.1) is 16.7 Å². The van der Waals surface area contributed by atoms with E-state index < -0.39 is 33.2 Å². The smallest absolute Gasteiger partial charge is 0.335 e. The lowest BCUT2D eigenvalue weighted by Gasteiger charge is -2.35.